The van der Waals surface area contributed by atoms with E-state index in [4.69, 9.17) is 5.11 Å². The molecule has 1 atom stereocenters. The van der Waals surface area contributed by atoms with E-state index in [1.165, 1.54) is 7.05 Å². The highest BCUT2D eigenvalue weighted by Gasteiger charge is 2.32. The number of carboxylic acids is 1. The van der Waals surface area contributed by atoms with Gasteiger partial charge in [0.05, 0.1) is 11.7 Å². The lowest BCUT2D eigenvalue weighted by Crippen LogP contribution is -2.48. The van der Waals surface area contributed by atoms with Crippen molar-refractivity contribution in [3.63, 3.8) is 0 Å². The van der Waals surface area contributed by atoms with Crippen LogP contribution >= 0.6 is 0 Å². The van der Waals surface area contributed by atoms with E-state index in [9.17, 15) is 21.6 Å². The van der Waals surface area contributed by atoms with Crippen molar-refractivity contribution < 1.29 is 26.7 Å². The third-order valence-corrected chi connectivity index (χ3v) is 5.98. The molecule has 9 nitrogen and oxygen atoms in total. The lowest BCUT2D eigenvalue weighted by atomic mass is 10.0. The van der Waals surface area contributed by atoms with E-state index >= 15 is 0 Å². The van der Waals surface area contributed by atoms with Crippen LogP contribution in [0.1, 0.15) is 12.8 Å². The van der Waals surface area contributed by atoms with Crippen molar-refractivity contribution in [2.75, 3.05) is 32.4 Å². The summed E-state index contributed by atoms with van der Waals surface area (Å²) in [5.41, 5.74) is 0. The lowest BCUT2D eigenvalue weighted by Gasteiger charge is -2.29. The smallest absolute Gasteiger partial charge is 0.307 e. The average Bonchev–Trinajstić information content (AvgIpc) is 2.38. The van der Waals surface area contributed by atoms with Crippen LogP contribution in [-0.4, -0.2) is 64.7 Å². The monoisotopic (exact) mass is 329 g/mol. The summed E-state index contributed by atoms with van der Waals surface area (Å²) in [5, 5.41) is 8.91. The summed E-state index contributed by atoms with van der Waals surface area (Å²) >= 11 is 0. The average molecular weight is 329 g/mol. The zero-order valence-corrected chi connectivity index (χ0v) is 12.7. The first-order chi connectivity index (χ1) is 9.18. The van der Waals surface area contributed by atoms with Gasteiger partial charge in [0.2, 0.25) is 10.0 Å². The second kappa shape index (κ2) is 6.80. The van der Waals surface area contributed by atoms with Crippen molar-refractivity contribution in [1.82, 2.24) is 13.7 Å². The Bertz CT molecular complexity index is 544. The maximum Gasteiger partial charge on any atom is 0.307 e. The Labute approximate surface area is 118 Å². The summed E-state index contributed by atoms with van der Waals surface area (Å²) in [6, 6.07) is 0. The third-order valence-electron chi connectivity index (χ3n) is 3.04. The number of carboxylic acid groups (broad SMARTS) is 1. The molecule has 0 saturated carbocycles. The fourth-order valence-electron chi connectivity index (χ4n) is 1.86. The van der Waals surface area contributed by atoms with Gasteiger partial charge in [0.15, 0.2) is 0 Å². The van der Waals surface area contributed by atoms with Crippen LogP contribution in [0.5, 0.6) is 0 Å². The molecule has 0 spiro atoms. The van der Waals surface area contributed by atoms with Gasteiger partial charge in [-0.25, -0.2) is 17.9 Å². The first kappa shape index (κ1) is 17.3. The number of piperidine rings is 1. The van der Waals surface area contributed by atoms with E-state index in [-0.39, 0.29) is 25.4 Å². The molecule has 0 radical (unpaired) electrons. The Kier molecular flexibility index (Phi) is 5.89. The molecule has 0 aromatic heterocycles. The van der Waals surface area contributed by atoms with Crippen LogP contribution in [0.15, 0.2) is 0 Å². The minimum absolute atomic E-state index is 0.0938. The third kappa shape index (κ3) is 4.98. The molecule has 0 aromatic carbocycles. The normalized spacial score (nSPS) is 21.8. The molecule has 1 saturated heterocycles. The van der Waals surface area contributed by atoms with Crippen LogP contribution in [-0.2, 0) is 25.0 Å². The zero-order valence-electron chi connectivity index (χ0n) is 11.1. The Morgan fingerprint density at radius 3 is 2.55 bits per heavy atom. The fourth-order valence-corrected chi connectivity index (χ4v) is 3.85. The molecular formula is C9H19N3O6S2. The molecule has 1 aliphatic rings. The Balaban J connectivity index is 2.58. The first-order valence-corrected chi connectivity index (χ1v) is 9.16. The van der Waals surface area contributed by atoms with Gasteiger partial charge >= 0.3 is 5.97 Å². The molecule has 1 aliphatic heterocycles. The van der Waals surface area contributed by atoms with Gasteiger partial charge in [-0.1, -0.05) is 0 Å². The zero-order chi connectivity index (χ0) is 15.4. The molecule has 0 aromatic rings. The highest BCUT2D eigenvalue weighted by Crippen LogP contribution is 2.18. The molecule has 1 fully saturated rings. The van der Waals surface area contributed by atoms with E-state index in [2.05, 4.69) is 9.44 Å². The summed E-state index contributed by atoms with van der Waals surface area (Å²) in [6.07, 6.45) is 0.905. The lowest BCUT2D eigenvalue weighted by molar-refractivity contribution is -0.142. The number of hydrogen-bond donors (Lipinski definition) is 3. The number of nitrogens with zero attached hydrogens (tertiary/aromatic N) is 1. The van der Waals surface area contributed by atoms with Gasteiger partial charge in [-0.05, 0) is 19.9 Å². The van der Waals surface area contributed by atoms with Crippen molar-refractivity contribution in [2.45, 2.75) is 12.8 Å². The summed E-state index contributed by atoms with van der Waals surface area (Å²) in [4.78, 5) is 10.9. The number of rotatable bonds is 7. The predicted molar refractivity (Wildman–Crippen MR) is 71.7 cm³/mol. The Hall–Kier alpha value is -0.750. The van der Waals surface area contributed by atoms with Crippen LogP contribution in [0.25, 0.3) is 0 Å². The molecule has 0 amide bonds. The van der Waals surface area contributed by atoms with Crippen molar-refractivity contribution in [3.8, 4) is 0 Å². The van der Waals surface area contributed by atoms with Crippen LogP contribution in [0, 0.1) is 5.92 Å². The van der Waals surface area contributed by atoms with Gasteiger partial charge in [0, 0.05) is 19.6 Å². The van der Waals surface area contributed by atoms with Gasteiger partial charge in [-0.3, -0.25) is 4.79 Å². The molecule has 1 heterocycles. The molecule has 3 N–H and O–H groups in total. The minimum Gasteiger partial charge on any atom is -0.481 e. The summed E-state index contributed by atoms with van der Waals surface area (Å²) < 4.78 is 51.5. The van der Waals surface area contributed by atoms with Gasteiger partial charge < -0.3 is 5.11 Å². The van der Waals surface area contributed by atoms with Gasteiger partial charge in [-0.15, -0.1) is 0 Å². The largest absolute Gasteiger partial charge is 0.481 e. The molecule has 0 aliphatic carbocycles. The molecule has 11 heteroatoms. The maximum absolute atomic E-state index is 11.9. The number of hydrogen-bond acceptors (Lipinski definition) is 5. The van der Waals surface area contributed by atoms with Crippen molar-refractivity contribution in [2.24, 2.45) is 5.92 Å². The standard InChI is InChI=1S/C9H19N3O6S2/c1-10-19(15,16)6-4-11-20(17,18)12-5-2-3-8(7-12)9(13)14/h8,10-11H,2-7H2,1H3,(H,13,14). The van der Waals surface area contributed by atoms with E-state index in [0.29, 0.717) is 12.8 Å². The van der Waals surface area contributed by atoms with E-state index < -0.39 is 32.1 Å². The molecule has 1 unspecified atom stereocenters. The predicted octanol–water partition coefficient (Wildman–Crippen LogP) is -1.83. The van der Waals surface area contributed by atoms with Crippen LogP contribution < -0.4 is 9.44 Å². The van der Waals surface area contributed by atoms with Crippen LogP contribution in [0.3, 0.4) is 0 Å². The molecule has 118 valence electrons. The summed E-state index contributed by atoms with van der Waals surface area (Å²) in [5.74, 6) is -2.12. The van der Waals surface area contributed by atoms with Gasteiger partial charge in [-0.2, -0.15) is 12.7 Å². The van der Waals surface area contributed by atoms with E-state index in [1.807, 2.05) is 0 Å². The fraction of sp³-hybridized carbons (Fsp3) is 0.889. The minimum atomic E-state index is -3.85. The van der Waals surface area contributed by atoms with Crippen molar-refractivity contribution >= 4 is 26.2 Å². The second-order valence-electron chi connectivity index (χ2n) is 4.46. The molecular weight excluding hydrogens is 310 g/mol. The number of sulfonamides is 1. The van der Waals surface area contributed by atoms with E-state index in [0.717, 1.165) is 4.31 Å². The second-order valence-corrected chi connectivity index (χ2v) is 8.26. The van der Waals surface area contributed by atoms with Crippen LogP contribution in [0.2, 0.25) is 0 Å². The van der Waals surface area contributed by atoms with Crippen molar-refractivity contribution in [3.05, 3.63) is 0 Å². The highest BCUT2D eigenvalue weighted by molar-refractivity contribution is 7.89. The highest BCUT2D eigenvalue weighted by atomic mass is 32.2. The summed E-state index contributed by atoms with van der Waals surface area (Å²) in [7, 11) is -6.10. The van der Waals surface area contributed by atoms with Gasteiger partial charge in [0.25, 0.3) is 10.2 Å². The molecule has 0 bridgehead atoms. The van der Waals surface area contributed by atoms with Crippen molar-refractivity contribution in [1.29, 1.82) is 0 Å². The number of aliphatic carboxylic acids is 1. The van der Waals surface area contributed by atoms with Gasteiger partial charge in [0.1, 0.15) is 0 Å². The Morgan fingerprint density at radius 2 is 2.00 bits per heavy atom. The summed E-state index contributed by atoms with van der Waals surface area (Å²) in [6.45, 7) is -0.124. The quantitative estimate of drug-likeness (QED) is 0.503. The number of nitrogens with one attached hydrogen (secondary N) is 2. The topological polar surface area (TPSA) is 133 Å². The molecule has 20 heavy (non-hydrogen) atoms. The van der Waals surface area contributed by atoms with Crippen LogP contribution in [0.4, 0.5) is 0 Å². The molecule has 1 rings (SSSR count). The number of carbonyl (C=O) groups is 1. The maximum atomic E-state index is 11.9. The van der Waals surface area contributed by atoms with E-state index in [1.54, 1.807) is 0 Å². The SMILES string of the molecule is CNS(=O)(=O)CCNS(=O)(=O)N1CCCC(C(=O)O)C1. The first-order valence-electron chi connectivity index (χ1n) is 6.07. The Morgan fingerprint density at radius 1 is 1.35 bits per heavy atom.